The summed E-state index contributed by atoms with van der Waals surface area (Å²) in [6, 6.07) is 22.7. The lowest BCUT2D eigenvalue weighted by Crippen LogP contribution is -2.39. The van der Waals surface area contributed by atoms with Gasteiger partial charge in [-0.3, -0.25) is 4.90 Å². The zero-order valence-electron chi connectivity index (χ0n) is 16.9. The highest BCUT2D eigenvalue weighted by atomic mass is 16.5. The Kier molecular flexibility index (Phi) is 5.46. The van der Waals surface area contributed by atoms with Crippen LogP contribution in [0.1, 0.15) is 0 Å². The number of benzene rings is 2. The Bertz CT molecular complexity index is 1100. The van der Waals surface area contributed by atoms with Gasteiger partial charge in [-0.1, -0.05) is 60.7 Å². The fraction of sp³-hybridized carbons (Fsp3) is 0.240. The molecule has 0 radical (unpaired) electrons. The molecule has 0 saturated carbocycles. The van der Waals surface area contributed by atoms with E-state index in [0.29, 0.717) is 5.71 Å². The number of furan rings is 1. The average molecular weight is 399 g/mol. The Balaban J connectivity index is 1.54. The largest absolute Gasteiger partial charge is 0.437 e. The summed E-state index contributed by atoms with van der Waals surface area (Å²) < 4.78 is 11.7. The van der Waals surface area contributed by atoms with Gasteiger partial charge in [0.05, 0.1) is 18.6 Å². The van der Waals surface area contributed by atoms with Gasteiger partial charge in [-0.2, -0.15) is 0 Å². The first-order chi connectivity index (χ1) is 14.9. The second kappa shape index (κ2) is 8.69. The van der Waals surface area contributed by atoms with Gasteiger partial charge in [0, 0.05) is 49.2 Å². The lowest BCUT2D eigenvalue weighted by Gasteiger charge is -2.26. The van der Waals surface area contributed by atoms with Gasteiger partial charge in [-0.25, -0.2) is 4.98 Å². The van der Waals surface area contributed by atoms with Gasteiger partial charge < -0.3 is 14.5 Å². The number of pyridine rings is 1. The summed E-state index contributed by atoms with van der Waals surface area (Å²) in [5, 5.41) is 4.66. The van der Waals surface area contributed by atoms with Crippen LogP contribution in [0.15, 0.2) is 77.3 Å². The molecule has 30 heavy (non-hydrogen) atoms. The number of nitrogens with zero attached hydrogens (tertiary/aromatic N) is 2. The number of hydrogen-bond acceptors (Lipinski definition) is 5. The molecule has 5 rings (SSSR count). The summed E-state index contributed by atoms with van der Waals surface area (Å²) >= 11 is 0. The molecule has 2 aromatic heterocycles. The van der Waals surface area contributed by atoms with Crippen LogP contribution in [0.3, 0.4) is 0 Å². The maximum atomic E-state index is 6.30. The lowest BCUT2D eigenvalue weighted by atomic mass is 9.98. The molecule has 1 fully saturated rings. The van der Waals surface area contributed by atoms with Gasteiger partial charge >= 0.3 is 0 Å². The molecule has 0 spiro atoms. The third-order valence-electron chi connectivity index (χ3n) is 5.54. The van der Waals surface area contributed by atoms with Crippen molar-refractivity contribution in [2.24, 2.45) is 0 Å². The second-order valence-corrected chi connectivity index (χ2v) is 7.46. The molecule has 0 bridgehead atoms. The van der Waals surface area contributed by atoms with Gasteiger partial charge in [0.15, 0.2) is 0 Å². The summed E-state index contributed by atoms with van der Waals surface area (Å²) in [6.07, 6.45) is 1.81. The van der Waals surface area contributed by atoms with Crippen molar-refractivity contribution in [3.8, 4) is 22.5 Å². The predicted octanol–water partition coefficient (Wildman–Crippen LogP) is 4.91. The van der Waals surface area contributed by atoms with E-state index in [-0.39, 0.29) is 0 Å². The molecular weight excluding hydrogens is 374 g/mol. The van der Waals surface area contributed by atoms with Gasteiger partial charge in [0.2, 0.25) is 5.71 Å². The van der Waals surface area contributed by atoms with Crippen molar-refractivity contribution in [3.05, 3.63) is 72.9 Å². The number of fused-ring (bicyclic) bond motifs is 1. The van der Waals surface area contributed by atoms with Crippen molar-refractivity contribution in [1.82, 2.24) is 9.88 Å². The zero-order chi connectivity index (χ0) is 20.2. The van der Waals surface area contributed by atoms with Gasteiger partial charge in [-0.15, -0.1) is 0 Å². The number of ether oxygens (including phenoxy) is 1. The molecule has 1 saturated heterocycles. The van der Waals surface area contributed by atoms with E-state index in [0.717, 1.165) is 72.9 Å². The van der Waals surface area contributed by atoms with E-state index in [9.17, 15) is 0 Å². The molecule has 1 aliphatic heterocycles. The van der Waals surface area contributed by atoms with E-state index >= 15 is 0 Å². The molecular formula is C25H25N3O2. The minimum Gasteiger partial charge on any atom is -0.437 e. The number of aromatic nitrogens is 1. The molecule has 1 aliphatic rings. The van der Waals surface area contributed by atoms with Crippen molar-refractivity contribution < 1.29 is 9.15 Å². The number of hydrogen-bond donors (Lipinski definition) is 1. The van der Waals surface area contributed by atoms with Crippen LogP contribution in [0.25, 0.3) is 33.6 Å². The molecule has 3 heterocycles. The first-order valence-electron chi connectivity index (χ1n) is 10.5. The van der Waals surface area contributed by atoms with Crippen LogP contribution in [0, 0.1) is 0 Å². The fourth-order valence-corrected chi connectivity index (χ4v) is 4.02. The molecule has 4 aromatic rings. The quantitative estimate of drug-likeness (QED) is 0.499. The predicted molar refractivity (Wildman–Crippen MR) is 121 cm³/mol. The number of morpholine rings is 1. The number of nitrogens with one attached hydrogen (secondary N) is 1. The highest BCUT2D eigenvalue weighted by molar-refractivity contribution is 6.06. The molecule has 5 heteroatoms. The summed E-state index contributed by atoms with van der Waals surface area (Å²) in [6.45, 7) is 5.47. The van der Waals surface area contributed by atoms with Crippen LogP contribution in [0.2, 0.25) is 0 Å². The molecule has 0 unspecified atom stereocenters. The Labute approximate surface area is 176 Å². The molecule has 2 aromatic carbocycles. The topological polar surface area (TPSA) is 50.5 Å². The van der Waals surface area contributed by atoms with Crippen LogP contribution in [-0.2, 0) is 4.74 Å². The maximum Gasteiger partial charge on any atom is 0.229 e. The Morgan fingerprint density at radius 1 is 0.867 bits per heavy atom. The van der Waals surface area contributed by atoms with Gasteiger partial charge in [0.25, 0.3) is 0 Å². The summed E-state index contributed by atoms with van der Waals surface area (Å²) in [5.74, 6) is 0.853. The normalized spacial score (nSPS) is 14.8. The van der Waals surface area contributed by atoms with E-state index in [2.05, 4.69) is 51.6 Å². The summed E-state index contributed by atoms with van der Waals surface area (Å²) in [5.41, 5.74) is 4.97. The molecule has 152 valence electrons. The second-order valence-electron chi connectivity index (χ2n) is 7.46. The maximum absolute atomic E-state index is 6.30. The smallest absolute Gasteiger partial charge is 0.229 e. The first kappa shape index (κ1) is 18.9. The lowest BCUT2D eigenvalue weighted by molar-refractivity contribution is 0.0398. The van der Waals surface area contributed by atoms with Crippen molar-refractivity contribution in [3.63, 3.8) is 0 Å². The highest BCUT2D eigenvalue weighted by Gasteiger charge is 2.21. The number of rotatable bonds is 6. The monoisotopic (exact) mass is 399 g/mol. The average Bonchev–Trinajstić information content (AvgIpc) is 3.21. The fourth-order valence-electron chi connectivity index (χ4n) is 4.02. The number of anilines is 1. The van der Waals surface area contributed by atoms with Crippen LogP contribution in [0.5, 0.6) is 0 Å². The van der Waals surface area contributed by atoms with Crippen LogP contribution < -0.4 is 5.32 Å². The molecule has 0 amide bonds. The van der Waals surface area contributed by atoms with E-state index < -0.39 is 0 Å². The first-order valence-corrected chi connectivity index (χ1v) is 10.5. The minimum atomic E-state index is 0.657. The molecule has 1 N–H and O–H groups in total. The Hall–Kier alpha value is -3.15. The minimum absolute atomic E-state index is 0.657. The molecule has 0 aliphatic carbocycles. The van der Waals surface area contributed by atoms with Gasteiger partial charge in [0.1, 0.15) is 5.76 Å². The Morgan fingerprint density at radius 2 is 1.57 bits per heavy atom. The van der Waals surface area contributed by atoms with Crippen molar-refractivity contribution in [1.29, 1.82) is 0 Å². The van der Waals surface area contributed by atoms with Crippen LogP contribution in [-0.4, -0.2) is 49.3 Å². The van der Waals surface area contributed by atoms with Crippen LogP contribution in [0.4, 0.5) is 5.69 Å². The summed E-state index contributed by atoms with van der Waals surface area (Å²) in [4.78, 5) is 6.97. The zero-order valence-corrected chi connectivity index (χ0v) is 16.9. The van der Waals surface area contributed by atoms with Crippen molar-refractivity contribution in [2.75, 3.05) is 44.7 Å². The SMILES string of the molecule is c1ccc(-c2oc3nccc(NCCN4CCOCC4)c3c2-c2ccccc2)cc1. The molecule has 0 atom stereocenters. The van der Waals surface area contributed by atoms with Crippen LogP contribution >= 0.6 is 0 Å². The van der Waals surface area contributed by atoms with E-state index in [1.165, 1.54) is 0 Å². The van der Waals surface area contributed by atoms with E-state index in [1.807, 2.05) is 36.5 Å². The third-order valence-corrected chi connectivity index (χ3v) is 5.54. The summed E-state index contributed by atoms with van der Waals surface area (Å²) in [7, 11) is 0. The highest BCUT2D eigenvalue weighted by Crippen LogP contribution is 2.42. The van der Waals surface area contributed by atoms with E-state index in [1.54, 1.807) is 0 Å². The van der Waals surface area contributed by atoms with Crippen molar-refractivity contribution >= 4 is 16.8 Å². The van der Waals surface area contributed by atoms with E-state index in [4.69, 9.17) is 9.15 Å². The van der Waals surface area contributed by atoms with Crippen molar-refractivity contribution in [2.45, 2.75) is 0 Å². The third kappa shape index (κ3) is 3.82. The standard InChI is InChI=1S/C25H25N3O2/c1-3-7-19(8-4-1)22-23-21(26-13-14-28-15-17-29-18-16-28)11-12-27-25(23)30-24(22)20-9-5-2-6-10-20/h1-12H,13-18H2,(H,26,27). The Morgan fingerprint density at radius 3 is 2.30 bits per heavy atom. The van der Waals surface area contributed by atoms with Gasteiger partial charge in [-0.05, 0) is 11.6 Å². The molecule has 5 nitrogen and oxygen atoms in total.